The van der Waals surface area contributed by atoms with Crippen LogP contribution in [0.1, 0.15) is 15.9 Å². The second-order valence-electron chi connectivity index (χ2n) is 4.03. The topological polar surface area (TPSA) is 64.3 Å². The SMILES string of the molecule is NNC(=O)c1ccc(COc2ccc(Br)cc2Cl)cc1. The first kappa shape index (κ1) is 14.8. The average molecular weight is 356 g/mol. The van der Waals surface area contributed by atoms with Gasteiger partial charge in [-0.1, -0.05) is 39.7 Å². The summed E-state index contributed by atoms with van der Waals surface area (Å²) in [6, 6.07) is 12.4. The van der Waals surface area contributed by atoms with Gasteiger partial charge in [-0.05, 0) is 35.9 Å². The van der Waals surface area contributed by atoms with Crippen molar-refractivity contribution in [3.63, 3.8) is 0 Å². The molecule has 0 radical (unpaired) electrons. The van der Waals surface area contributed by atoms with Crippen molar-refractivity contribution in [3.05, 3.63) is 63.1 Å². The Labute approximate surface area is 130 Å². The molecule has 3 N–H and O–H groups in total. The third kappa shape index (κ3) is 3.72. The molecule has 0 unspecified atom stereocenters. The van der Waals surface area contributed by atoms with Gasteiger partial charge in [-0.25, -0.2) is 5.84 Å². The molecule has 20 heavy (non-hydrogen) atoms. The van der Waals surface area contributed by atoms with E-state index in [9.17, 15) is 4.79 Å². The highest BCUT2D eigenvalue weighted by Gasteiger charge is 2.05. The normalized spacial score (nSPS) is 10.2. The van der Waals surface area contributed by atoms with Crippen LogP contribution < -0.4 is 16.0 Å². The second kappa shape index (κ2) is 6.74. The van der Waals surface area contributed by atoms with Crippen molar-refractivity contribution in [1.82, 2.24) is 5.43 Å². The second-order valence-corrected chi connectivity index (χ2v) is 5.36. The quantitative estimate of drug-likeness (QED) is 0.502. The number of carbonyl (C=O) groups is 1. The van der Waals surface area contributed by atoms with Gasteiger partial charge in [0.25, 0.3) is 5.91 Å². The van der Waals surface area contributed by atoms with Gasteiger partial charge in [0.15, 0.2) is 0 Å². The van der Waals surface area contributed by atoms with Gasteiger partial charge in [-0.15, -0.1) is 0 Å². The highest BCUT2D eigenvalue weighted by molar-refractivity contribution is 9.10. The first-order chi connectivity index (χ1) is 9.60. The van der Waals surface area contributed by atoms with E-state index in [4.69, 9.17) is 22.2 Å². The average Bonchev–Trinajstić information content (AvgIpc) is 2.46. The molecular formula is C14H12BrClN2O2. The predicted molar refractivity (Wildman–Crippen MR) is 81.6 cm³/mol. The molecule has 104 valence electrons. The first-order valence-corrected chi connectivity index (χ1v) is 6.95. The number of hydrazine groups is 1. The Balaban J connectivity index is 2.02. The number of amides is 1. The largest absolute Gasteiger partial charge is 0.487 e. The lowest BCUT2D eigenvalue weighted by Crippen LogP contribution is -2.29. The van der Waals surface area contributed by atoms with Crippen molar-refractivity contribution < 1.29 is 9.53 Å². The van der Waals surface area contributed by atoms with Crippen molar-refractivity contribution in [2.75, 3.05) is 0 Å². The Morgan fingerprint density at radius 3 is 2.55 bits per heavy atom. The summed E-state index contributed by atoms with van der Waals surface area (Å²) in [4.78, 5) is 11.3. The van der Waals surface area contributed by atoms with Gasteiger partial charge in [0.1, 0.15) is 12.4 Å². The molecule has 1 amide bonds. The fourth-order valence-corrected chi connectivity index (χ4v) is 2.32. The van der Waals surface area contributed by atoms with Crippen molar-refractivity contribution in [2.45, 2.75) is 6.61 Å². The van der Waals surface area contributed by atoms with E-state index in [1.807, 2.05) is 6.07 Å². The van der Waals surface area contributed by atoms with Gasteiger partial charge in [0.2, 0.25) is 0 Å². The van der Waals surface area contributed by atoms with E-state index in [1.165, 1.54) is 0 Å². The Bertz CT molecular complexity index is 617. The van der Waals surface area contributed by atoms with E-state index in [0.717, 1.165) is 10.0 Å². The number of carbonyl (C=O) groups excluding carboxylic acids is 1. The molecular weight excluding hydrogens is 344 g/mol. The minimum Gasteiger partial charge on any atom is -0.487 e. The summed E-state index contributed by atoms with van der Waals surface area (Å²) in [6.07, 6.45) is 0. The van der Waals surface area contributed by atoms with Gasteiger partial charge < -0.3 is 4.74 Å². The van der Waals surface area contributed by atoms with E-state index in [1.54, 1.807) is 36.4 Å². The maximum Gasteiger partial charge on any atom is 0.265 e. The lowest BCUT2D eigenvalue weighted by molar-refractivity contribution is 0.0953. The highest BCUT2D eigenvalue weighted by Crippen LogP contribution is 2.28. The zero-order valence-electron chi connectivity index (χ0n) is 10.4. The molecule has 0 aliphatic carbocycles. The van der Waals surface area contributed by atoms with Gasteiger partial charge in [0.05, 0.1) is 5.02 Å². The van der Waals surface area contributed by atoms with Crippen LogP contribution >= 0.6 is 27.5 Å². The van der Waals surface area contributed by atoms with Crippen molar-refractivity contribution in [1.29, 1.82) is 0 Å². The van der Waals surface area contributed by atoms with E-state index in [0.29, 0.717) is 22.9 Å². The van der Waals surface area contributed by atoms with Gasteiger partial charge >= 0.3 is 0 Å². The monoisotopic (exact) mass is 354 g/mol. The Hall–Kier alpha value is -1.56. The number of hydrogen-bond acceptors (Lipinski definition) is 3. The standard InChI is InChI=1S/C14H12BrClN2O2/c15-11-5-6-13(12(16)7-11)20-8-9-1-3-10(4-2-9)14(19)18-17/h1-7H,8,17H2,(H,18,19). The van der Waals surface area contributed by atoms with Crippen LogP contribution in [0.25, 0.3) is 0 Å². The molecule has 4 nitrogen and oxygen atoms in total. The molecule has 0 bridgehead atoms. The minimum absolute atomic E-state index is 0.326. The molecule has 0 aliphatic heterocycles. The first-order valence-electron chi connectivity index (χ1n) is 5.78. The highest BCUT2D eigenvalue weighted by atomic mass is 79.9. The molecule has 2 aromatic carbocycles. The zero-order valence-corrected chi connectivity index (χ0v) is 12.7. The number of hydrogen-bond donors (Lipinski definition) is 2. The Morgan fingerprint density at radius 1 is 1.25 bits per heavy atom. The molecule has 0 aromatic heterocycles. The maximum absolute atomic E-state index is 11.3. The number of nitrogen functional groups attached to an aromatic ring is 1. The van der Waals surface area contributed by atoms with Gasteiger partial charge in [-0.2, -0.15) is 0 Å². The van der Waals surface area contributed by atoms with E-state index in [2.05, 4.69) is 21.4 Å². The van der Waals surface area contributed by atoms with Crippen LogP contribution in [0.5, 0.6) is 5.75 Å². The fourth-order valence-electron chi connectivity index (χ4n) is 1.59. The maximum atomic E-state index is 11.3. The molecule has 0 saturated heterocycles. The number of rotatable bonds is 4. The summed E-state index contributed by atoms with van der Waals surface area (Å²) in [5.41, 5.74) is 3.51. The molecule has 6 heteroatoms. The molecule has 2 aromatic rings. The van der Waals surface area contributed by atoms with Crippen LogP contribution in [0, 0.1) is 0 Å². The fraction of sp³-hybridized carbons (Fsp3) is 0.0714. The summed E-state index contributed by atoms with van der Waals surface area (Å²) >= 11 is 9.39. The molecule has 0 saturated carbocycles. The van der Waals surface area contributed by atoms with Crippen molar-refractivity contribution >= 4 is 33.4 Å². The third-order valence-corrected chi connectivity index (χ3v) is 3.42. The lowest BCUT2D eigenvalue weighted by Gasteiger charge is -2.09. The lowest BCUT2D eigenvalue weighted by atomic mass is 10.1. The van der Waals surface area contributed by atoms with Crippen LogP contribution in [-0.4, -0.2) is 5.91 Å². The van der Waals surface area contributed by atoms with Gasteiger partial charge in [0, 0.05) is 10.0 Å². The number of halogens is 2. The minimum atomic E-state index is -0.326. The molecule has 2 rings (SSSR count). The number of nitrogens with one attached hydrogen (secondary N) is 1. The molecule has 0 spiro atoms. The van der Waals surface area contributed by atoms with E-state index < -0.39 is 0 Å². The number of ether oxygens (including phenoxy) is 1. The van der Waals surface area contributed by atoms with Crippen LogP contribution in [0.3, 0.4) is 0 Å². The van der Waals surface area contributed by atoms with Crippen LogP contribution in [-0.2, 0) is 6.61 Å². The Morgan fingerprint density at radius 2 is 1.95 bits per heavy atom. The van der Waals surface area contributed by atoms with E-state index >= 15 is 0 Å². The molecule has 0 atom stereocenters. The molecule has 0 aliphatic rings. The van der Waals surface area contributed by atoms with Crippen LogP contribution in [0.4, 0.5) is 0 Å². The summed E-state index contributed by atoms with van der Waals surface area (Å²) in [5, 5.41) is 0.540. The summed E-state index contributed by atoms with van der Waals surface area (Å²) < 4.78 is 6.52. The molecule has 0 heterocycles. The zero-order chi connectivity index (χ0) is 14.5. The summed E-state index contributed by atoms with van der Waals surface area (Å²) in [5.74, 6) is 5.35. The number of benzene rings is 2. The Kier molecular flexibility index (Phi) is 5.00. The van der Waals surface area contributed by atoms with Crippen molar-refractivity contribution in [3.8, 4) is 5.75 Å². The van der Waals surface area contributed by atoms with Gasteiger partial charge in [-0.3, -0.25) is 10.2 Å². The summed E-state index contributed by atoms with van der Waals surface area (Å²) in [7, 11) is 0. The smallest absolute Gasteiger partial charge is 0.265 e. The number of nitrogens with two attached hydrogens (primary N) is 1. The predicted octanol–water partition coefficient (Wildman–Crippen LogP) is 3.29. The molecule has 0 fully saturated rings. The van der Waals surface area contributed by atoms with Crippen LogP contribution in [0.15, 0.2) is 46.9 Å². The van der Waals surface area contributed by atoms with E-state index in [-0.39, 0.29) is 5.91 Å². The summed E-state index contributed by atoms with van der Waals surface area (Å²) in [6.45, 7) is 0.367. The van der Waals surface area contributed by atoms with Crippen LogP contribution in [0.2, 0.25) is 5.02 Å². The third-order valence-electron chi connectivity index (χ3n) is 2.64. The van der Waals surface area contributed by atoms with Crippen molar-refractivity contribution in [2.24, 2.45) is 5.84 Å².